The Morgan fingerprint density at radius 3 is 2.83 bits per heavy atom. The fraction of sp³-hybridized carbons (Fsp3) is 0.167. The van der Waals surface area contributed by atoms with E-state index in [1.165, 1.54) is 6.26 Å². The lowest BCUT2D eigenvalue weighted by Crippen LogP contribution is -2.17. The molecule has 2 rings (SSSR count). The van der Waals surface area contributed by atoms with Crippen molar-refractivity contribution < 1.29 is 13.7 Å². The van der Waals surface area contributed by atoms with Crippen LogP contribution in [-0.2, 0) is 6.54 Å². The summed E-state index contributed by atoms with van der Waals surface area (Å²) in [5.74, 6) is 0.137. The predicted molar refractivity (Wildman–Crippen MR) is 63.9 cm³/mol. The van der Waals surface area contributed by atoms with Gasteiger partial charge in [-0.3, -0.25) is 10.1 Å². The molecule has 0 bridgehead atoms. The monoisotopic (exact) mass is 250 g/mol. The molecule has 0 saturated heterocycles. The summed E-state index contributed by atoms with van der Waals surface area (Å²) in [5, 5.41) is 10.9. The van der Waals surface area contributed by atoms with Crippen molar-refractivity contribution in [3.63, 3.8) is 0 Å². The molecule has 0 saturated carbocycles. The second-order valence-corrected chi connectivity index (χ2v) is 3.83. The Morgan fingerprint density at radius 2 is 2.22 bits per heavy atom. The second kappa shape index (κ2) is 4.87. The molecule has 0 amide bonds. The van der Waals surface area contributed by atoms with Crippen LogP contribution in [0.15, 0.2) is 41.0 Å². The largest absolute Gasteiger partial charge is 0.467 e. The number of nitro groups is 1. The van der Waals surface area contributed by atoms with Gasteiger partial charge in [0, 0.05) is 19.2 Å². The van der Waals surface area contributed by atoms with Gasteiger partial charge in [0.15, 0.2) is 0 Å². The SMILES string of the molecule is CN(Cc1ccco1)c1cc(F)ccc1[N+](=O)[O-]. The number of hydrogen-bond acceptors (Lipinski definition) is 4. The zero-order valence-corrected chi connectivity index (χ0v) is 9.67. The first-order valence-corrected chi connectivity index (χ1v) is 5.25. The van der Waals surface area contributed by atoms with Crippen LogP contribution in [0.2, 0.25) is 0 Å². The van der Waals surface area contributed by atoms with E-state index in [2.05, 4.69) is 0 Å². The highest BCUT2D eigenvalue weighted by Gasteiger charge is 2.18. The summed E-state index contributed by atoms with van der Waals surface area (Å²) in [4.78, 5) is 11.9. The predicted octanol–water partition coefficient (Wildman–Crippen LogP) is 2.96. The molecule has 0 unspecified atom stereocenters. The number of rotatable bonds is 4. The van der Waals surface area contributed by atoms with Crippen LogP contribution in [0.1, 0.15) is 5.76 Å². The Hall–Kier alpha value is -2.37. The van der Waals surface area contributed by atoms with Crippen molar-refractivity contribution in [3.8, 4) is 0 Å². The van der Waals surface area contributed by atoms with Gasteiger partial charge in [0.1, 0.15) is 17.3 Å². The zero-order chi connectivity index (χ0) is 13.1. The van der Waals surface area contributed by atoms with Crippen molar-refractivity contribution in [2.75, 3.05) is 11.9 Å². The van der Waals surface area contributed by atoms with Crippen molar-refractivity contribution in [3.05, 3.63) is 58.3 Å². The van der Waals surface area contributed by atoms with E-state index in [4.69, 9.17) is 4.42 Å². The fourth-order valence-corrected chi connectivity index (χ4v) is 1.68. The van der Waals surface area contributed by atoms with Gasteiger partial charge in [-0.25, -0.2) is 4.39 Å². The summed E-state index contributed by atoms with van der Waals surface area (Å²) < 4.78 is 18.3. The van der Waals surface area contributed by atoms with Gasteiger partial charge < -0.3 is 9.32 Å². The molecule has 2 aromatic rings. The van der Waals surface area contributed by atoms with Crippen molar-refractivity contribution >= 4 is 11.4 Å². The Morgan fingerprint density at radius 1 is 1.44 bits per heavy atom. The zero-order valence-electron chi connectivity index (χ0n) is 9.67. The Bertz CT molecular complexity index is 554. The van der Waals surface area contributed by atoms with E-state index in [1.807, 2.05) is 0 Å². The van der Waals surface area contributed by atoms with Crippen molar-refractivity contribution in [2.45, 2.75) is 6.54 Å². The first kappa shape index (κ1) is 12.1. The highest BCUT2D eigenvalue weighted by molar-refractivity contribution is 5.62. The van der Waals surface area contributed by atoms with Gasteiger partial charge in [0.25, 0.3) is 5.69 Å². The summed E-state index contributed by atoms with van der Waals surface area (Å²) in [6.45, 7) is 0.331. The summed E-state index contributed by atoms with van der Waals surface area (Å²) in [7, 11) is 1.64. The maximum atomic E-state index is 13.2. The van der Waals surface area contributed by atoms with Crippen LogP contribution >= 0.6 is 0 Å². The molecule has 1 aromatic carbocycles. The third-order valence-electron chi connectivity index (χ3n) is 2.52. The van der Waals surface area contributed by atoms with Gasteiger partial charge in [0.2, 0.25) is 0 Å². The average molecular weight is 250 g/mol. The molecule has 18 heavy (non-hydrogen) atoms. The minimum absolute atomic E-state index is 0.134. The maximum Gasteiger partial charge on any atom is 0.292 e. The maximum absolute atomic E-state index is 13.2. The molecule has 0 aliphatic rings. The van der Waals surface area contributed by atoms with Crippen LogP contribution in [-0.4, -0.2) is 12.0 Å². The molecular formula is C12H11FN2O3. The summed E-state index contributed by atoms with van der Waals surface area (Å²) in [6, 6.07) is 6.84. The quantitative estimate of drug-likeness (QED) is 0.618. The number of nitrogens with zero attached hydrogens (tertiary/aromatic N) is 2. The van der Waals surface area contributed by atoms with Crippen molar-refractivity contribution in [1.82, 2.24) is 0 Å². The molecule has 1 aromatic heterocycles. The van der Waals surface area contributed by atoms with Gasteiger partial charge >= 0.3 is 0 Å². The summed E-state index contributed by atoms with van der Waals surface area (Å²) in [6.07, 6.45) is 1.52. The molecule has 0 N–H and O–H groups in total. The number of furan rings is 1. The van der Waals surface area contributed by atoms with Gasteiger partial charge in [-0.15, -0.1) is 0 Å². The molecule has 1 heterocycles. The van der Waals surface area contributed by atoms with Crippen LogP contribution in [0.5, 0.6) is 0 Å². The number of benzene rings is 1. The molecule has 0 atom stereocenters. The lowest BCUT2D eigenvalue weighted by molar-refractivity contribution is -0.384. The molecule has 0 aliphatic heterocycles. The van der Waals surface area contributed by atoms with Gasteiger partial charge in [-0.2, -0.15) is 0 Å². The Kier molecular flexibility index (Phi) is 3.27. The van der Waals surface area contributed by atoms with Gasteiger partial charge in [-0.1, -0.05) is 0 Å². The first-order valence-electron chi connectivity index (χ1n) is 5.25. The molecule has 0 aliphatic carbocycles. The number of halogens is 1. The highest BCUT2D eigenvalue weighted by atomic mass is 19.1. The van der Waals surface area contributed by atoms with E-state index >= 15 is 0 Å². The number of nitro benzene ring substituents is 1. The Labute approximate surface area is 103 Å². The summed E-state index contributed by atoms with van der Waals surface area (Å²) >= 11 is 0. The first-order chi connectivity index (χ1) is 8.58. The van der Waals surface area contributed by atoms with E-state index in [-0.39, 0.29) is 11.4 Å². The van der Waals surface area contributed by atoms with E-state index in [0.717, 1.165) is 18.2 Å². The van der Waals surface area contributed by atoms with Crippen LogP contribution in [0.4, 0.5) is 15.8 Å². The normalized spacial score (nSPS) is 10.3. The van der Waals surface area contributed by atoms with E-state index < -0.39 is 10.7 Å². The van der Waals surface area contributed by atoms with Crippen LogP contribution in [0.3, 0.4) is 0 Å². The third-order valence-corrected chi connectivity index (χ3v) is 2.52. The Balaban J connectivity index is 2.31. The lowest BCUT2D eigenvalue weighted by Gasteiger charge is -2.17. The molecule has 5 nitrogen and oxygen atoms in total. The van der Waals surface area contributed by atoms with Gasteiger partial charge in [-0.05, 0) is 18.2 Å². The second-order valence-electron chi connectivity index (χ2n) is 3.83. The minimum atomic E-state index is -0.534. The molecule has 6 heteroatoms. The van der Waals surface area contributed by atoms with Crippen molar-refractivity contribution in [2.24, 2.45) is 0 Å². The minimum Gasteiger partial charge on any atom is -0.467 e. The smallest absolute Gasteiger partial charge is 0.292 e. The third kappa shape index (κ3) is 2.48. The molecule has 0 fully saturated rings. The van der Waals surface area contributed by atoms with Gasteiger partial charge in [0.05, 0.1) is 17.7 Å². The highest BCUT2D eigenvalue weighted by Crippen LogP contribution is 2.29. The lowest BCUT2D eigenvalue weighted by atomic mass is 10.2. The molecular weight excluding hydrogens is 239 g/mol. The number of anilines is 1. The van der Waals surface area contributed by atoms with E-state index in [9.17, 15) is 14.5 Å². The van der Waals surface area contributed by atoms with Crippen molar-refractivity contribution in [1.29, 1.82) is 0 Å². The topological polar surface area (TPSA) is 59.5 Å². The average Bonchev–Trinajstić information content (AvgIpc) is 2.81. The fourth-order valence-electron chi connectivity index (χ4n) is 1.68. The molecule has 94 valence electrons. The van der Waals surface area contributed by atoms with Crippen LogP contribution in [0.25, 0.3) is 0 Å². The summed E-state index contributed by atoms with van der Waals surface area (Å²) in [5.41, 5.74) is 0.0851. The van der Waals surface area contributed by atoms with E-state index in [1.54, 1.807) is 24.1 Å². The standard InChI is InChI=1S/C12H11FN2O3/c1-14(8-10-3-2-6-18-10)12-7-9(13)4-5-11(12)15(16)17/h2-7H,8H2,1H3. The number of hydrogen-bond donors (Lipinski definition) is 0. The van der Waals surface area contributed by atoms with E-state index in [0.29, 0.717) is 12.3 Å². The van der Waals surface area contributed by atoms with Crippen LogP contribution < -0.4 is 4.90 Å². The molecule has 0 radical (unpaired) electrons. The van der Waals surface area contributed by atoms with Crippen LogP contribution in [0, 0.1) is 15.9 Å². The molecule has 0 spiro atoms.